The SMILES string of the molecule is CC(C)CNCC(C)N1CCCCC1. The van der Waals surface area contributed by atoms with Crippen LogP contribution in [0.2, 0.25) is 0 Å². The van der Waals surface area contributed by atoms with Crippen molar-refractivity contribution < 1.29 is 0 Å². The summed E-state index contributed by atoms with van der Waals surface area (Å²) in [5.74, 6) is 0.767. The van der Waals surface area contributed by atoms with Crippen LogP contribution in [0.15, 0.2) is 0 Å². The molecule has 1 aliphatic heterocycles. The molecule has 84 valence electrons. The summed E-state index contributed by atoms with van der Waals surface area (Å²) in [6, 6.07) is 0.717. The lowest BCUT2D eigenvalue weighted by atomic mass is 10.1. The van der Waals surface area contributed by atoms with Gasteiger partial charge in [-0.25, -0.2) is 0 Å². The highest BCUT2D eigenvalue weighted by Crippen LogP contribution is 2.11. The van der Waals surface area contributed by atoms with E-state index in [1.54, 1.807) is 0 Å². The number of nitrogens with zero attached hydrogens (tertiary/aromatic N) is 1. The fourth-order valence-electron chi connectivity index (χ4n) is 2.07. The molecule has 0 spiro atoms. The number of hydrogen-bond acceptors (Lipinski definition) is 2. The van der Waals surface area contributed by atoms with E-state index < -0.39 is 0 Å². The van der Waals surface area contributed by atoms with Crippen LogP contribution in [0.25, 0.3) is 0 Å². The van der Waals surface area contributed by atoms with Crippen LogP contribution >= 0.6 is 0 Å². The van der Waals surface area contributed by atoms with Gasteiger partial charge in [-0.15, -0.1) is 0 Å². The third kappa shape index (κ3) is 4.43. The maximum absolute atomic E-state index is 3.54. The van der Waals surface area contributed by atoms with Gasteiger partial charge < -0.3 is 5.32 Å². The Morgan fingerprint density at radius 3 is 2.21 bits per heavy atom. The van der Waals surface area contributed by atoms with Gasteiger partial charge in [0, 0.05) is 12.6 Å². The predicted octanol–water partition coefficient (Wildman–Crippen LogP) is 2.11. The van der Waals surface area contributed by atoms with Crippen molar-refractivity contribution >= 4 is 0 Å². The average molecular weight is 198 g/mol. The minimum Gasteiger partial charge on any atom is -0.315 e. The van der Waals surface area contributed by atoms with E-state index in [4.69, 9.17) is 0 Å². The summed E-state index contributed by atoms with van der Waals surface area (Å²) in [5.41, 5.74) is 0. The molecule has 1 atom stereocenters. The molecular weight excluding hydrogens is 172 g/mol. The van der Waals surface area contributed by atoms with E-state index >= 15 is 0 Å². The van der Waals surface area contributed by atoms with Crippen molar-refractivity contribution in [3.05, 3.63) is 0 Å². The molecule has 0 aromatic carbocycles. The van der Waals surface area contributed by atoms with Gasteiger partial charge in [0.2, 0.25) is 0 Å². The lowest BCUT2D eigenvalue weighted by Crippen LogP contribution is -2.43. The fourth-order valence-corrected chi connectivity index (χ4v) is 2.07. The van der Waals surface area contributed by atoms with Crippen molar-refractivity contribution in [2.45, 2.75) is 46.1 Å². The molecule has 14 heavy (non-hydrogen) atoms. The van der Waals surface area contributed by atoms with Gasteiger partial charge >= 0.3 is 0 Å². The van der Waals surface area contributed by atoms with E-state index in [2.05, 4.69) is 31.0 Å². The lowest BCUT2D eigenvalue weighted by molar-refractivity contribution is 0.170. The average Bonchev–Trinajstić information content (AvgIpc) is 2.18. The molecule has 1 heterocycles. The molecule has 0 aromatic heterocycles. The Bertz CT molecular complexity index is 139. The van der Waals surface area contributed by atoms with E-state index in [-0.39, 0.29) is 0 Å². The maximum atomic E-state index is 3.54. The second-order valence-electron chi connectivity index (χ2n) is 5.00. The molecule has 0 aromatic rings. The Morgan fingerprint density at radius 1 is 1.00 bits per heavy atom. The van der Waals surface area contributed by atoms with Gasteiger partial charge in [0.1, 0.15) is 0 Å². The number of piperidine rings is 1. The third-order valence-electron chi connectivity index (χ3n) is 3.01. The zero-order chi connectivity index (χ0) is 10.4. The molecule has 0 saturated carbocycles. The first-order chi connectivity index (χ1) is 6.70. The molecule has 0 amide bonds. The molecule has 0 bridgehead atoms. The van der Waals surface area contributed by atoms with Gasteiger partial charge in [0.25, 0.3) is 0 Å². The molecule has 0 aliphatic carbocycles. The molecule has 1 unspecified atom stereocenters. The normalized spacial score (nSPS) is 21.4. The van der Waals surface area contributed by atoms with Crippen molar-refractivity contribution in [3.8, 4) is 0 Å². The first-order valence-electron chi connectivity index (χ1n) is 6.15. The van der Waals surface area contributed by atoms with E-state index in [9.17, 15) is 0 Å². The third-order valence-corrected chi connectivity index (χ3v) is 3.01. The van der Waals surface area contributed by atoms with Crippen molar-refractivity contribution in [1.29, 1.82) is 0 Å². The highest BCUT2D eigenvalue weighted by atomic mass is 15.2. The Hall–Kier alpha value is -0.0800. The quantitative estimate of drug-likeness (QED) is 0.728. The first-order valence-corrected chi connectivity index (χ1v) is 6.15. The Kier molecular flexibility index (Phi) is 5.49. The molecule has 1 N–H and O–H groups in total. The van der Waals surface area contributed by atoms with Gasteiger partial charge in [-0.05, 0) is 45.3 Å². The summed E-state index contributed by atoms with van der Waals surface area (Å²) in [5, 5.41) is 3.54. The zero-order valence-corrected chi connectivity index (χ0v) is 10.1. The second kappa shape index (κ2) is 6.41. The van der Waals surface area contributed by atoms with Gasteiger partial charge in [-0.1, -0.05) is 20.3 Å². The van der Waals surface area contributed by atoms with Crippen molar-refractivity contribution in [2.24, 2.45) is 5.92 Å². The molecule has 1 rings (SSSR count). The van der Waals surface area contributed by atoms with Crippen LogP contribution in [-0.2, 0) is 0 Å². The second-order valence-corrected chi connectivity index (χ2v) is 5.00. The van der Waals surface area contributed by atoms with Gasteiger partial charge in [0.05, 0.1) is 0 Å². The molecule has 0 radical (unpaired) electrons. The zero-order valence-electron chi connectivity index (χ0n) is 10.1. The number of hydrogen-bond donors (Lipinski definition) is 1. The summed E-state index contributed by atoms with van der Waals surface area (Å²) < 4.78 is 0. The monoisotopic (exact) mass is 198 g/mol. The summed E-state index contributed by atoms with van der Waals surface area (Å²) in [6.07, 6.45) is 4.23. The van der Waals surface area contributed by atoms with Gasteiger partial charge in [0.15, 0.2) is 0 Å². The van der Waals surface area contributed by atoms with E-state index in [1.807, 2.05) is 0 Å². The molecule has 1 saturated heterocycles. The van der Waals surface area contributed by atoms with Crippen LogP contribution in [-0.4, -0.2) is 37.1 Å². The first kappa shape index (κ1) is 12.0. The van der Waals surface area contributed by atoms with Crippen LogP contribution in [0.3, 0.4) is 0 Å². The maximum Gasteiger partial charge on any atom is 0.0192 e. The van der Waals surface area contributed by atoms with E-state index in [0.717, 1.165) is 19.0 Å². The van der Waals surface area contributed by atoms with Crippen LogP contribution in [0, 0.1) is 5.92 Å². The Morgan fingerprint density at radius 2 is 1.64 bits per heavy atom. The number of rotatable bonds is 5. The summed E-state index contributed by atoms with van der Waals surface area (Å²) in [4.78, 5) is 2.62. The summed E-state index contributed by atoms with van der Waals surface area (Å²) >= 11 is 0. The largest absolute Gasteiger partial charge is 0.315 e. The molecule has 1 aliphatic rings. The minimum atomic E-state index is 0.717. The van der Waals surface area contributed by atoms with E-state index in [1.165, 1.54) is 32.4 Å². The molecular formula is C12H26N2. The Labute approximate surface area is 89.1 Å². The van der Waals surface area contributed by atoms with Gasteiger partial charge in [-0.3, -0.25) is 4.90 Å². The molecule has 2 nitrogen and oxygen atoms in total. The standard InChI is InChI=1S/C12H26N2/c1-11(2)9-13-10-12(3)14-7-5-4-6-8-14/h11-13H,4-10H2,1-3H3. The fraction of sp³-hybridized carbons (Fsp3) is 1.00. The van der Waals surface area contributed by atoms with Crippen LogP contribution in [0.1, 0.15) is 40.0 Å². The molecule has 1 fully saturated rings. The summed E-state index contributed by atoms with van der Waals surface area (Å²) in [6.45, 7) is 11.8. The minimum absolute atomic E-state index is 0.717. The topological polar surface area (TPSA) is 15.3 Å². The van der Waals surface area contributed by atoms with Crippen LogP contribution in [0.4, 0.5) is 0 Å². The molecule has 2 heteroatoms. The van der Waals surface area contributed by atoms with Crippen molar-refractivity contribution in [2.75, 3.05) is 26.2 Å². The highest BCUT2D eigenvalue weighted by molar-refractivity contribution is 4.73. The number of nitrogens with one attached hydrogen (secondary N) is 1. The predicted molar refractivity (Wildman–Crippen MR) is 62.6 cm³/mol. The van der Waals surface area contributed by atoms with E-state index in [0.29, 0.717) is 6.04 Å². The summed E-state index contributed by atoms with van der Waals surface area (Å²) in [7, 11) is 0. The van der Waals surface area contributed by atoms with Crippen molar-refractivity contribution in [1.82, 2.24) is 10.2 Å². The smallest absolute Gasteiger partial charge is 0.0192 e. The van der Waals surface area contributed by atoms with Crippen LogP contribution < -0.4 is 5.32 Å². The Balaban J connectivity index is 2.10. The number of likely N-dealkylation sites (tertiary alicyclic amines) is 1. The lowest BCUT2D eigenvalue weighted by Gasteiger charge is -2.32. The van der Waals surface area contributed by atoms with Gasteiger partial charge in [-0.2, -0.15) is 0 Å². The van der Waals surface area contributed by atoms with Crippen LogP contribution in [0.5, 0.6) is 0 Å². The highest BCUT2D eigenvalue weighted by Gasteiger charge is 2.15. The van der Waals surface area contributed by atoms with Crippen molar-refractivity contribution in [3.63, 3.8) is 0 Å².